The van der Waals surface area contributed by atoms with Gasteiger partial charge in [0.05, 0.1) is 5.02 Å². The second-order valence-corrected chi connectivity index (χ2v) is 12.7. The average molecular weight is 486 g/mol. The van der Waals surface area contributed by atoms with Gasteiger partial charge in [0.1, 0.15) is 4.90 Å². The van der Waals surface area contributed by atoms with Gasteiger partial charge in [0.25, 0.3) is 0 Å². The van der Waals surface area contributed by atoms with E-state index in [1.807, 2.05) is 0 Å². The fourth-order valence-electron chi connectivity index (χ4n) is 6.74. The van der Waals surface area contributed by atoms with Crippen molar-refractivity contribution in [1.82, 2.24) is 14.9 Å². The highest BCUT2D eigenvalue weighted by Crippen LogP contribution is 2.60. The summed E-state index contributed by atoms with van der Waals surface area (Å²) in [5.74, 6) is 2.29. The van der Waals surface area contributed by atoms with E-state index in [2.05, 4.69) is 10.6 Å². The lowest BCUT2D eigenvalue weighted by Crippen LogP contribution is -2.54. The summed E-state index contributed by atoms with van der Waals surface area (Å²) in [6, 6.07) is 4.34. The smallest absolute Gasteiger partial charge is 0.315 e. The Morgan fingerprint density at radius 2 is 1.90 bits per heavy atom. The Morgan fingerprint density at radius 3 is 2.61 bits per heavy atom. The predicted octanol–water partition coefficient (Wildman–Crippen LogP) is 4.27. The minimum Gasteiger partial charge on any atom is -0.338 e. The first-order valence-corrected chi connectivity index (χ1v) is 13.5. The van der Waals surface area contributed by atoms with E-state index < -0.39 is 10.0 Å². The highest BCUT2D eigenvalue weighted by Gasteiger charge is 2.58. The molecule has 1 aromatic rings. The zero-order valence-corrected chi connectivity index (χ0v) is 19.8. The molecule has 5 aliphatic rings. The Bertz CT molecular complexity index is 972. The second-order valence-electron chi connectivity index (χ2n) is 9.98. The molecule has 1 aromatic carbocycles. The lowest BCUT2D eigenvalue weighted by Gasteiger charge is -2.35. The molecule has 1 saturated heterocycles. The van der Waals surface area contributed by atoms with E-state index in [9.17, 15) is 13.2 Å². The molecule has 2 amide bonds. The van der Waals surface area contributed by atoms with Gasteiger partial charge in [0, 0.05) is 30.2 Å². The third-order valence-corrected chi connectivity index (χ3v) is 10.5. The lowest BCUT2D eigenvalue weighted by atomic mass is 9.80. The largest absolute Gasteiger partial charge is 0.338 e. The molecule has 4 aliphatic carbocycles. The Morgan fingerprint density at radius 1 is 1.16 bits per heavy atom. The zero-order valence-electron chi connectivity index (χ0n) is 17.4. The molecular formula is C22H29Cl2N3O3S. The number of piperidine rings is 1. The van der Waals surface area contributed by atoms with Crippen molar-refractivity contribution in [3.63, 3.8) is 0 Å². The summed E-state index contributed by atoms with van der Waals surface area (Å²) >= 11 is 12.1. The van der Waals surface area contributed by atoms with Crippen LogP contribution in [-0.2, 0) is 10.0 Å². The van der Waals surface area contributed by atoms with Gasteiger partial charge < -0.3 is 10.6 Å². The summed E-state index contributed by atoms with van der Waals surface area (Å²) in [7, 11) is -3.70. The first kappa shape index (κ1) is 21.8. The average Bonchev–Trinajstić information content (AvgIpc) is 3.09. The van der Waals surface area contributed by atoms with Crippen molar-refractivity contribution in [3.8, 4) is 0 Å². The molecule has 2 N–H and O–H groups in total. The van der Waals surface area contributed by atoms with E-state index in [1.165, 1.54) is 41.8 Å². The Kier molecular flexibility index (Phi) is 5.69. The molecular weight excluding hydrogens is 457 g/mol. The number of hydrogen-bond donors (Lipinski definition) is 2. The van der Waals surface area contributed by atoms with Gasteiger partial charge in [-0.05, 0) is 86.8 Å². The monoisotopic (exact) mass is 485 g/mol. The van der Waals surface area contributed by atoms with Crippen LogP contribution in [-0.4, -0.2) is 43.9 Å². The minimum absolute atomic E-state index is 0.00490. The van der Waals surface area contributed by atoms with Crippen molar-refractivity contribution >= 4 is 39.3 Å². The number of rotatable bonds is 5. The van der Waals surface area contributed by atoms with Crippen molar-refractivity contribution in [2.45, 2.75) is 55.4 Å². The number of carbonyl (C=O) groups is 1. The first-order valence-electron chi connectivity index (χ1n) is 11.3. The topological polar surface area (TPSA) is 78.5 Å². The summed E-state index contributed by atoms with van der Waals surface area (Å²) in [6.07, 6.45) is 7.76. The quantitative estimate of drug-likeness (QED) is 0.653. The van der Waals surface area contributed by atoms with Crippen LogP contribution < -0.4 is 10.6 Å². The molecule has 9 heteroatoms. The number of hydrogen-bond acceptors (Lipinski definition) is 3. The Balaban J connectivity index is 1.18. The van der Waals surface area contributed by atoms with Crippen LogP contribution in [0.2, 0.25) is 10.0 Å². The van der Waals surface area contributed by atoms with E-state index >= 15 is 0 Å². The van der Waals surface area contributed by atoms with Crippen LogP contribution in [0.4, 0.5) is 4.79 Å². The Labute approximate surface area is 194 Å². The molecule has 3 unspecified atom stereocenters. The molecule has 31 heavy (non-hydrogen) atoms. The highest BCUT2D eigenvalue weighted by atomic mass is 35.5. The van der Waals surface area contributed by atoms with Crippen molar-refractivity contribution in [1.29, 1.82) is 0 Å². The van der Waals surface area contributed by atoms with Crippen molar-refractivity contribution in [2.24, 2.45) is 23.7 Å². The van der Waals surface area contributed by atoms with Crippen molar-refractivity contribution < 1.29 is 13.2 Å². The first-order chi connectivity index (χ1) is 14.7. The van der Waals surface area contributed by atoms with Crippen molar-refractivity contribution in [2.75, 3.05) is 19.6 Å². The fourth-order valence-corrected chi connectivity index (χ4v) is 9.04. The normalized spacial score (nSPS) is 34.8. The van der Waals surface area contributed by atoms with E-state index in [1.54, 1.807) is 0 Å². The van der Waals surface area contributed by atoms with Crippen molar-refractivity contribution in [3.05, 3.63) is 28.2 Å². The maximum absolute atomic E-state index is 13.1. The number of sulfonamides is 1. The lowest BCUT2D eigenvalue weighted by molar-refractivity contribution is 0.201. The molecule has 4 saturated carbocycles. The standard InChI is InChI=1S/C22H29Cl2N3O3S/c23-18-3-4-20(19(24)9-18)31(29,30)27-5-1-2-14(13-27)12-25-21(28)26-22-10-15-6-16(11-22)8-17(22)7-15/h3-4,9,14-17H,1-2,5-8,10-13H2,(H2,25,26,28). The number of nitrogens with one attached hydrogen (secondary N) is 2. The van der Waals surface area contributed by atoms with E-state index in [4.69, 9.17) is 23.2 Å². The van der Waals surface area contributed by atoms with Gasteiger partial charge in [-0.1, -0.05) is 23.2 Å². The number of amides is 2. The van der Waals surface area contributed by atoms with Crippen LogP contribution in [0.15, 0.2) is 23.1 Å². The molecule has 0 spiro atoms. The molecule has 3 atom stereocenters. The number of urea groups is 1. The molecule has 6 nitrogen and oxygen atoms in total. The van der Waals surface area contributed by atoms with Gasteiger partial charge in [0.15, 0.2) is 0 Å². The summed E-state index contributed by atoms with van der Waals surface area (Å²) < 4.78 is 27.7. The number of halogens is 2. The third-order valence-electron chi connectivity index (χ3n) is 7.90. The molecule has 0 radical (unpaired) electrons. The maximum Gasteiger partial charge on any atom is 0.315 e. The number of carbonyl (C=O) groups excluding carboxylic acids is 1. The van der Waals surface area contributed by atoms with Gasteiger partial charge in [-0.2, -0.15) is 4.31 Å². The van der Waals surface area contributed by atoms with Crippen LogP contribution in [0.25, 0.3) is 0 Å². The molecule has 1 heterocycles. The summed E-state index contributed by atoms with van der Waals surface area (Å²) in [5, 5.41) is 6.89. The van der Waals surface area contributed by atoms with E-state index in [0.717, 1.165) is 37.5 Å². The molecule has 170 valence electrons. The molecule has 6 rings (SSSR count). The van der Waals surface area contributed by atoms with Gasteiger partial charge in [-0.25, -0.2) is 13.2 Å². The Hall–Kier alpha value is -1.02. The molecule has 1 aliphatic heterocycles. The summed E-state index contributed by atoms with van der Waals surface area (Å²) in [6.45, 7) is 1.30. The predicted molar refractivity (Wildman–Crippen MR) is 121 cm³/mol. The van der Waals surface area contributed by atoms with Gasteiger partial charge in [-0.3, -0.25) is 0 Å². The van der Waals surface area contributed by atoms with Crippen LogP contribution in [0.1, 0.15) is 44.9 Å². The van der Waals surface area contributed by atoms with Crippen LogP contribution in [0.5, 0.6) is 0 Å². The fraction of sp³-hybridized carbons (Fsp3) is 0.682. The van der Waals surface area contributed by atoms with Gasteiger partial charge in [-0.15, -0.1) is 0 Å². The second kappa shape index (κ2) is 8.08. The minimum atomic E-state index is -3.70. The zero-order chi connectivity index (χ0) is 21.8. The number of benzene rings is 1. The molecule has 4 bridgehead atoms. The van der Waals surface area contributed by atoms with Crippen LogP contribution >= 0.6 is 23.2 Å². The SMILES string of the molecule is O=C(NCC1CCCN(S(=O)(=O)c2ccc(Cl)cc2Cl)C1)NC12CC3CC(CC1C3)C2. The van der Waals surface area contributed by atoms with Crippen LogP contribution in [0.3, 0.4) is 0 Å². The highest BCUT2D eigenvalue weighted by molar-refractivity contribution is 7.89. The summed E-state index contributed by atoms with van der Waals surface area (Å²) in [5.41, 5.74) is 0.00490. The van der Waals surface area contributed by atoms with E-state index in [-0.39, 0.29) is 27.4 Å². The van der Waals surface area contributed by atoms with Crippen LogP contribution in [0, 0.1) is 23.7 Å². The summed E-state index contributed by atoms with van der Waals surface area (Å²) in [4.78, 5) is 12.8. The van der Waals surface area contributed by atoms with Gasteiger partial charge >= 0.3 is 6.03 Å². The molecule has 5 fully saturated rings. The number of nitrogens with zero attached hydrogens (tertiary/aromatic N) is 1. The van der Waals surface area contributed by atoms with E-state index in [0.29, 0.717) is 30.6 Å². The maximum atomic E-state index is 13.1. The third kappa shape index (κ3) is 4.07. The molecule has 0 aromatic heterocycles. The van der Waals surface area contributed by atoms with Gasteiger partial charge in [0.2, 0.25) is 10.0 Å².